The predicted octanol–water partition coefficient (Wildman–Crippen LogP) is 4.85. The highest BCUT2D eigenvalue weighted by atomic mass is 35.5. The van der Waals surface area contributed by atoms with E-state index in [0.717, 1.165) is 16.6 Å². The Morgan fingerprint density at radius 1 is 1.17 bits per heavy atom. The summed E-state index contributed by atoms with van der Waals surface area (Å²) < 4.78 is 29.7. The van der Waals surface area contributed by atoms with Gasteiger partial charge in [0.25, 0.3) is 10.0 Å². The molecule has 0 unspecified atom stereocenters. The molecule has 1 fully saturated rings. The molecule has 0 bridgehead atoms. The summed E-state index contributed by atoms with van der Waals surface area (Å²) in [4.78, 5) is 21.7. The Bertz CT molecular complexity index is 1490. The fraction of sp³-hybridized carbons (Fsp3) is 0.280. The number of nitrogens with zero attached hydrogens (tertiary/aromatic N) is 4. The van der Waals surface area contributed by atoms with Crippen LogP contribution in [0.4, 0.5) is 10.8 Å². The average Bonchev–Trinajstić information content (AvgIpc) is 3.52. The van der Waals surface area contributed by atoms with E-state index in [-0.39, 0.29) is 22.9 Å². The van der Waals surface area contributed by atoms with Gasteiger partial charge in [-0.2, -0.15) is 0 Å². The number of halogens is 1. The Labute approximate surface area is 219 Å². The smallest absolute Gasteiger partial charge is 0.263 e. The number of thiazole rings is 1. The van der Waals surface area contributed by atoms with Crippen LogP contribution in [0.5, 0.6) is 0 Å². The Hall–Kier alpha value is -3.08. The molecule has 2 aromatic heterocycles. The van der Waals surface area contributed by atoms with Crippen LogP contribution in [0.25, 0.3) is 10.9 Å². The molecule has 36 heavy (non-hydrogen) atoms. The SMILES string of the molecule is C[C@@H]1CN(c2ccc(S(=O)(=O)Nc3nccs3)cc2)CCN1C(=O)[C@@H](C)n1ccc2ccc(Cl)cc21. The fourth-order valence-electron chi connectivity index (χ4n) is 4.62. The Balaban J connectivity index is 1.26. The van der Waals surface area contributed by atoms with Gasteiger partial charge in [0, 0.05) is 54.2 Å². The molecule has 188 valence electrons. The summed E-state index contributed by atoms with van der Waals surface area (Å²) in [6.45, 7) is 5.85. The number of hydrogen-bond donors (Lipinski definition) is 1. The molecule has 11 heteroatoms. The zero-order valence-electron chi connectivity index (χ0n) is 19.8. The number of nitrogens with one attached hydrogen (secondary N) is 1. The minimum absolute atomic E-state index is 0.00547. The van der Waals surface area contributed by atoms with E-state index in [9.17, 15) is 13.2 Å². The number of carbonyl (C=O) groups excluding carboxylic acids is 1. The van der Waals surface area contributed by atoms with E-state index in [2.05, 4.69) is 14.6 Å². The van der Waals surface area contributed by atoms with Crippen LogP contribution in [0.1, 0.15) is 19.9 Å². The van der Waals surface area contributed by atoms with Gasteiger partial charge in [0.15, 0.2) is 5.13 Å². The van der Waals surface area contributed by atoms with Crippen molar-refractivity contribution in [3.8, 4) is 0 Å². The molecule has 2 atom stereocenters. The molecule has 3 heterocycles. The average molecular weight is 544 g/mol. The van der Waals surface area contributed by atoms with Crippen molar-refractivity contribution in [2.24, 2.45) is 0 Å². The number of rotatable bonds is 6. The first-order chi connectivity index (χ1) is 17.2. The van der Waals surface area contributed by atoms with E-state index in [1.165, 1.54) is 11.3 Å². The third kappa shape index (κ3) is 4.80. The summed E-state index contributed by atoms with van der Waals surface area (Å²) >= 11 is 7.42. The fourth-order valence-corrected chi connectivity index (χ4v) is 6.58. The van der Waals surface area contributed by atoms with Crippen LogP contribution in [0.2, 0.25) is 5.02 Å². The van der Waals surface area contributed by atoms with E-state index in [1.807, 2.05) is 53.8 Å². The molecule has 8 nitrogen and oxygen atoms in total. The van der Waals surface area contributed by atoms with Gasteiger partial charge < -0.3 is 14.4 Å². The molecule has 0 spiro atoms. The second-order valence-corrected chi connectivity index (χ2v) is 11.9. The van der Waals surface area contributed by atoms with E-state index in [0.29, 0.717) is 29.8 Å². The van der Waals surface area contributed by atoms with Crippen molar-refractivity contribution < 1.29 is 13.2 Å². The van der Waals surface area contributed by atoms with Gasteiger partial charge >= 0.3 is 0 Å². The molecular formula is C25H26ClN5O3S2. The maximum Gasteiger partial charge on any atom is 0.263 e. The highest BCUT2D eigenvalue weighted by Crippen LogP contribution is 2.27. The quantitative estimate of drug-likeness (QED) is 0.375. The zero-order chi connectivity index (χ0) is 25.4. The molecule has 5 rings (SSSR count). The number of amides is 1. The normalized spacial score (nSPS) is 17.4. The van der Waals surface area contributed by atoms with E-state index >= 15 is 0 Å². The summed E-state index contributed by atoms with van der Waals surface area (Å²) in [5.41, 5.74) is 1.86. The second-order valence-electron chi connectivity index (χ2n) is 8.87. The van der Waals surface area contributed by atoms with Gasteiger partial charge in [0.05, 0.1) is 10.4 Å². The van der Waals surface area contributed by atoms with Gasteiger partial charge in [-0.05, 0) is 61.7 Å². The molecule has 1 amide bonds. The van der Waals surface area contributed by atoms with Crippen LogP contribution in [-0.2, 0) is 14.8 Å². The van der Waals surface area contributed by atoms with Gasteiger partial charge in [-0.25, -0.2) is 13.4 Å². The van der Waals surface area contributed by atoms with Crippen molar-refractivity contribution in [1.82, 2.24) is 14.5 Å². The molecule has 1 saturated heterocycles. The monoisotopic (exact) mass is 543 g/mol. The molecule has 1 aliphatic heterocycles. The van der Waals surface area contributed by atoms with Crippen LogP contribution in [0.3, 0.4) is 0 Å². The third-order valence-corrected chi connectivity index (χ3v) is 8.94. The van der Waals surface area contributed by atoms with Crippen molar-refractivity contribution in [2.75, 3.05) is 29.3 Å². The predicted molar refractivity (Wildman–Crippen MR) is 144 cm³/mol. The lowest BCUT2D eigenvalue weighted by molar-refractivity contribution is -0.136. The minimum atomic E-state index is -3.70. The summed E-state index contributed by atoms with van der Waals surface area (Å²) in [6.07, 6.45) is 3.48. The topological polar surface area (TPSA) is 87.5 Å². The van der Waals surface area contributed by atoms with E-state index in [1.54, 1.807) is 35.8 Å². The van der Waals surface area contributed by atoms with Crippen molar-refractivity contribution in [2.45, 2.75) is 30.8 Å². The number of anilines is 2. The van der Waals surface area contributed by atoms with Gasteiger partial charge in [-0.3, -0.25) is 9.52 Å². The molecule has 0 radical (unpaired) electrons. The number of fused-ring (bicyclic) bond motifs is 1. The molecule has 4 aromatic rings. The van der Waals surface area contributed by atoms with Crippen molar-refractivity contribution in [3.63, 3.8) is 0 Å². The van der Waals surface area contributed by atoms with E-state index < -0.39 is 10.0 Å². The molecular weight excluding hydrogens is 518 g/mol. The first-order valence-corrected chi connectivity index (χ1v) is 14.3. The van der Waals surface area contributed by atoms with Crippen molar-refractivity contribution in [1.29, 1.82) is 0 Å². The molecule has 0 saturated carbocycles. The molecule has 0 aliphatic carbocycles. The number of piperazine rings is 1. The highest BCUT2D eigenvalue weighted by molar-refractivity contribution is 7.93. The van der Waals surface area contributed by atoms with Crippen LogP contribution in [-0.4, -0.2) is 54.5 Å². The standard InChI is InChI=1S/C25H26ClN5O3S2/c1-17-16-29(21-5-7-22(8-6-21)36(33,34)28-25-27-10-14-35-25)12-13-30(17)24(32)18(2)31-11-9-19-3-4-20(26)15-23(19)31/h3-11,14-15,17-18H,12-13,16H2,1-2H3,(H,27,28)/t17-,18-/m1/s1. The summed E-state index contributed by atoms with van der Waals surface area (Å²) in [5.74, 6) is 0.0642. The Kier molecular flexibility index (Phi) is 6.67. The Morgan fingerprint density at radius 3 is 2.64 bits per heavy atom. The number of benzene rings is 2. The number of carbonyl (C=O) groups is 1. The lowest BCUT2D eigenvalue weighted by atomic mass is 10.1. The van der Waals surface area contributed by atoms with E-state index in [4.69, 9.17) is 11.6 Å². The molecule has 1 aliphatic rings. The van der Waals surface area contributed by atoms with Crippen LogP contribution in [0, 0.1) is 0 Å². The molecule has 2 aromatic carbocycles. The van der Waals surface area contributed by atoms with Crippen LogP contribution in [0.15, 0.2) is 71.2 Å². The van der Waals surface area contributed by atoms with Crippen molar-refractivity contribution in [3.05, 3.63) is 71.3 Å². The Morgan fingerprint density at radius 2 is 1.94 bits per heavy atom. The van der Waals surface area contributed by atoms with Gasteiger partial charge in [0.2, 0.25) is 5.91 Å². The molecule has 1 N–H and O–H groups in total. The van der Waals surface area contributed by atoms with Gasteiger partial charge in [-0.15, -0.1) is 11.3 Å². The first kappa shape index (κ1) is 24.6. The summed E-state index contributed by atoms with van der Waals surface area (Å²) in [5, 5.41) is 3.73. The maximum atomic E-state index is 13.4. The largest absolute Gasteiger partial charge is 0.368 e. The number of aromatic nitrogens is 2. The first-order valence-electron chi connectivity index (χ1n) is 11.6. The minimum Gasteiger partial charge on any atom is -0.368 e. The van der Waals surface area contributed by atoms with Crippen LogP contribution < -0.4 is 9.62 Å². The van der Waals surface area contributed by atoms with Gasteiger partial charge in [0.1, 0.15) is 6.04 Å². The lowest BCUT2D eigenvalue weighted by Gasteiger charge is -2.42. The highest BCUT2D eigenvalue weighted by Gasteiger charge is 2.31. The lowest BCUT2D eigenvalue weighted by Crippen LogP contribution is -2.55. The third-order valence-electron chi connectivity index (χ3n) is 6.54. The maximum absolute atomic E-state index is 13.4. The zero-order valence-corrected chi connectivity index (χ0v) is 22.2. The van der Waals surface area contributed by atoms with Crippen LogP contribution >= 0.6 is 22.9 Å². The summed E-state index contributed by atoms with van der Waals surface area (Å²) in [7, 11) is -3.70. The summed E-state index contributed by atoms with van der Waals surface area (Å²) in [6, 6.07) is 14.1. The number of sulfonamides is 1. The second kappa shape index (κ2) is 9.76. The van der Waals surface area contributed by atoms with Gasteiger partial charge in [-0.1, -0.05) is 17.7 Å². The number of hydrogen-bond acceptors (Lipinski definition) is 6. The van der Waals surface area contributed by atoms with Crippen molar-refractivity contribution >= 4 is 60.6 Å².